The van der Waals surface area contributed by atoms with Crippen molar-refractivity contribution in [3.8, 4) is 0 Å². The molecule has 0 radical (unpaired) electrons. The molecule has 1 unspecified atom stereocenters. The van der Waals surface area contributed by atoms with E-state index in [2.05, 4.69) is 27.8 Å². The van der Waals surface area contributed by atoms with Gasteiger partial charge in [-0.1, -0.05) is 0 Å². The van der Waals surface area contributed by atoms with Gasteiger partial charge in [-0.2, -0.15) is 5.10 Å². The van der Waals surface area contributed by atoms with Crippen LogP contribution >= 0.6 is 0 Å². The minimum absolute atomic E-state index is 0.485. The van der Waals surface area contributed by atoms with Gasteiger partial charge in [0.15, 0.2) is 5.82 Å². The minimum Gasteiger partial charge on any atom is -0.376 e. The average Bonchev–Trinajstić information content (AvgIpc) is 2.33. The Morgan fingerprint density at radius 1 is 1.55 bits per heavy atom. The zero-order chi connectivity index (χ0) is 7.84. The van der Waals surface area contributed by atoms with E-state index in [9.17, 15) is 0 Å². The van der Waals surface area contributed by atoms with Crippen molar-refractivity contribution in [1.82, 2.24) is 10.2 Å². The Balaban J connectivity index is 2.37. The fourth-order valence-electron chi connectivity index (χ4n) is 1.28. The Hall–Kier alpha value is -1.19. The molecule has 0 amide bonds. The van der Waals surface area contributed by atoms with Crippen LogP contribution in [0.25, 0.3) is 0 Å². The van der Waals surface area contributed by atoms with Crippen molar-refractivity contribution in [2.45, 2.75) is 19.9 Å². The van der Waals surface area contributed by atoms with Crippen molar-refractivity contribution in [2.75, 3.05) is 17.2 Å². The topological polar surface area (TPSA) is 52.7 Å². The van der Waals surface area contributed by atoms with Gasteiger partial charge in [-0.15, -0.1) is 0 Å². The number of anilines is 2. The van der Waals surface area contributed by atoms with E-state index in [0.29, 0.717) is 6.04 Å². The normalized spacial score (nSPS) is 21.8. The van der Waals surface area contributed by atoms with E-state index >= 15 is 0 Å². The number of aromatic amines is 1. The number of rotatable bonds is 0. The SMILES string of the molecule is Cc1[nH]nc2c1NC(C)CN2. The standard InChI is InChI=1S/C7H12N4/c1-4-3-8-7-6(9-4)5(2)10-11-7/h4,9H,3H2,1-2H3,(H2,8,10,11). The summed E-state index contributed by atoms with van der Waals surface area (Å²) in [4.78, 5) is 0. The molecule has 1 aromatic rings. The van der Waals surface area contributed by atoms with Crippen molar-refractivity contribution in [2.24, 2.45) is 0 Å². The summed E-state index contributed by atoms with van der Waals surface area (Å²) in [5.41, 5.74) is 2.21. The molecule has 11 heavy (non-hydrogen) atoms. The molecular weight excluding hydrogens is 140 g/mol. The minimum atomic E-state index is 0.485. The Kier molecular flexibility index (Phi) is 1.27. The highest BCUT2D eigenvalue weighted by Gasteiger charge is 2.17. The molecule has 0 aromatic carbocycles. The van der Waals surface area contributed by atoms with Gasteiger partial charge in [0.25, 0.3) is 0 Å². The average molecular weight is 152 g/mol. The predicted molar refractivity (Wildman–Crippen MR) is 44.9 cm³/mol. The first-order valence-corrected chi connectivity index (χ1v) is 3.83. The summed E-state index contributed by atoms with van der Waals surface area (Å²) in [6.07, 6.45) is 0. The van der Waals surface area contributed by atoms with Gasteiger partial charge >= 0.3 is 0 Å². The van der Waals surface area contributed by atoms with Crippen LogP contribution < -0.4 is 10.6 Å². The highest BCUT2D eigenvalue weighted by Crippen LogP contribution is 2.25. The summed E-state index contributed by atoms with van der Waals surface area (Å²) >= 11 is 0. The lowest BCUT2D eigenvalue weighted by Gasteiger charge is -2.21. The summed E-state index contributed by atoms with van der Waals surface area (Å²) in [7, 11) is 0. The van der Waals surface area contributed by atoms with Crippen molar-refractivity contribution >= 4 is 11.5 Å². The smallest absolute Gasteiger partial charge is 0.171 e. The maximum Gasteiger partial charge on any atom is 0.171 e. The second-order valence-corrected chi connectivity index (χ2v) is 3.00. The monoisotopic (exact) mass is 152 g/mol. The maximum absolute atomic E-state index is 4.09. The van der Waals surface area contributed by atoms with E-state index in [4.69, 9.17) is 0 Å². The number of aryl methyl sites for hydroxylation is 1. The lowest BCUT2D eigenvalue weighted by atomic mass is 10.2. The summed E-state index contributed by atoms with van der Waals surface area (Å²) in [6.45, 7) is 5.10. The van der Waals surface area contributed by atoms with Crippen molar-refractivity contribution in [3.05, 3.63) is 5.69 Å². The summed E-state index contributed by atoms with van der Waals surface area (Å²) in [6, 6.07) is 0.485. The third-order valence-corrected chi connectivity index (χ3v) is 1.91. The number of nitrogens with zero attached hydrogens (tertiary/aromatic N) is 1. The maximum atomic E-state index is 4.09. The number of hydrogen-bond acceptors (Lipinski definition) is 3. The second kappa shape index (κ2) is 2.15. The van der Waals surface area contributed by atoms with Gasteiger partial charge in [-0.05, 0) is 13.8 Å². The molecule has 0 bridgehead atoms. The van der Waals surface area contributed by atoms with Gasteiger partial charge in [-0.25, -0.2) is 0 Å². The highest BCUT2D eigenvalue weighted by atomic mass is 15.2. The highest BCUT2D eigenvalue weighted by molar-refractivity contribution is 5.69. The first kappa shape index (κ1) is 6.52. The molecule has 1 aromatic heterocycles. The number of nitrogens with one attached hydrogen (secondary N) is 3. The van der Waals surface area contributed by atoms with E-state index in [1.807, 2.05) is 6.92 Å². The molecule has 1 aliphatic rings. The summed E-state index contributed by atoms with van der Waals surface area (Å²) < 4.78 is 0. The van der Waals surface area contributed by atoms with Gasteiger partial charge in [0.05, 0.1) is 5.69 Å². The zero-order valence-electron chi connectivity index (χ0n) is 6.73. The number of fused-ring (bicyclic) bond motifs is 1. The van der Waals surface area contributed by atoms with Gasteiger partial charge in [-0.3, -0.25) is 5.10 Å². The number of aromatic nitrogens is 2. The molecule has 60 valence electrons. The Bertz CT molecular complexity index is 265. The zero-order valence-corrected chi connectivity index (χ0v) is 6.73. The first-order chi connectivity index (χ1) is 5.27. The first-order valence-electron chi connectivity index (χ1n) is 3.83. The lowest BCUT2D eigenvalue weighted by Crippen LogP contribution is -2.29. The Morgan fingerprint density at radius 3 is 3.18 bits per heavy atom. The second-order valence-electron chi connectivity index (χ2n) is 3.00. The third-order valence-electron chi connectivity index (χ3n) is 1.91. The summed E-state index contributed by atoms with van der Waals surface area (Å²) in [5.74, 6) is 0.945. The fourth-order valence-corrected chi connectivity index (χ4v) is 1.28. The van der Waals surface area contributed by atoms with Crippen molar-refractivity contribution in [3.63, 3.8) is 0 Å². The molecule has 4 nitrogen and oxygen atoms in total. The van der Waals surface area contributed by atoms with E-state index in [1.165, 1.54) is 0 Å². The molecule has 0 saturated heterocycles. The molecule has 2 heterocycles. The Morgan fingerprint density at radius 2 is 2.36 bits per heavy atom. The molecule has 1 atom stereocenters. The third kappa shape index (κ3) is 0.943. The van der Waals surface area contributed by atoms with Crippen LogP contribution in [0.5, 0.6) is 0 Å². The van der Waals surface area contributed by atoms with E-state index < -0.39 is 0 Å². The molecule has 0 fully saturated rings. The van der Waals surface area contributed by atoms with Crippen LogP contribution in [0.1, 0.15) is 12.6 Å². The van der Waals surface area contributed by atoms with Gasteiger partial charge in [0.2, 0.25) is 0 Å². The molecule has 3 N–H and O–H groups in total. The van der Waals surface area contributed by atoms with E-state index in [-0.39, 0.29) is 0 Å². The van der Waals surface area contributed by atoms with Gasteiger partial charge < -0.3 is 10.6 Å². The molecule has 2 rings (SSSR count). The number of hydrogen-bond donors (Lipinski definition) is 3. The molecule has 0 saturated carbocycles. The van der Waals surface area contributed by atoms with Crippen LogP contribution in [-0.4, -0.2) is 22.8 Å². The van der Waals surface area contributed by atoms with Crippen molar-refractivity contribution in [1.29, 1.82) is 0 Å². The molecule has 1 aliphatic heterocycles. The molecule has 4 heteroatoms. The molecule has 0 aliphatic carbocycles. The predicted octanol–water partition coefficient (Wildman–Crippen LogP) is 0.944. The largest absolute Gasteiger partial charge is 0.376 e. The van der Waals surface area contributed by atoms with Gasteiger partial charge in [0, 0.05) is 12.6 Å². The number of H-pyrrole nitrogens is 1. The van der Waals surface area contributed by atoms with Crippen LogP contribution in [0.3, 0.4) is 0 Å². The summed E-state index contributed by atoms with van der Waals surface area (Å²) in [5, 5.41) is 13.6. The van der Waals surface area contributed by atoms with Gasteiger partial charge in [0.1, 0.15) is 5.69 Å². The lowest BCUT2D eigenvalue weighted by molar-refractivity contribution is 0.813. The quantitative estimate of drug-likeness (QED) is 0.518. The van der Waals surface area contributed by atoms with Crippen LogP contribution in [-0.2, 0) is 0 Å². The fraction of sp³-hybridized carbons (Fsp3) is 0.571. The van der Waals surface area contributed by atoms with Crippen LogP contribution in [0.15, 0.2) is 0 Å². The Labute approximate surface area is 65.4 Å². The molecular formula is C7H12N4. The van der Waals surface area contributed by atoms with Crippen LogP contribution in [0.4, 0.5) is 11.5 Å². The van der Waals surface area contributed by atoms with Crippen LogP contribution in [0, 0.1) is 6.92 Å². The van der Waals surface area contributed by atoms with E-state index in [1.54, 1.807) is 0 Å². The van der Waals surface area contributed by atoms with E-state index in [0.717, 1.165) is 23.7 Å². The molecule has 0 spiro atoms. The van der Waals surface area contributed by atoms with Crippen LogP contribution in [0.2, 0.25) is 0 Å². The van der Waals surface area contributed by atoms with Crippen molar-refractivity contribution < 1.29 is 0 Å².